The van der Waals surface area contributed by atoms with Crippen molar-refractivity contribution in [2.45, 2.75) is 38.5 Å². The number of benzene rings is 1. The number of hydrogen-bond acceptors (Lipinski definition) is 3. The molecule has 1 aliphatic rings. The highest BCUT2D eigenvalue weighted by molar-refractivity contribution is 14.0. The Balaban J connectivity index is 0.00000312. The first kappa shape index (κ1) is 22.6. The van der Waals surface area contributed by atoms with Gasteiger partial charge in [0, 0.05) is 44.8 Å². The van der Waals surface area contributed by atoms with E-state index in [9.17, 15) is 0 Å². The van der Waals surface area contributed by atoms with Gasteiger partial charge in [-0.2, -0.15) is 11.8 Å². The number of rotatable bonds is 7. The third-order valence-electron chi connectivity index (χ3n) is 4.27. The van der Waals surface area contributed by atoms with Crippen LogP contribution in [0.4, 0.5) is 0 Å². The van der Waals surface area contributed by atoms with Gasteiger partial charge in [0.25, 0.3) is 0 Å². The van der Waals surface area contributed by atoms with Crippen molar-refractivity contribution in [2.24, 2.45) is 4.99 Å². The van der Waals surface area contributed by atoms with Gasteiger partial charge >= 0.3 is 0 Å². The molecular formula is C19H32IN3OS. The van der Waals surface area contributed by atoms with Gasteiger partial charge in [-0.15, -0.1) is 24.0 Å². The zero-order valence-electron chi connectivity index (χ0n) is 15.7. The minimum absolute atomic E-state index is 0. The summed E-state index contributed by atoms with van der Waals surface area (Å²) in [6.07, 6.45) is 2.61. The Bertz CT molecular complexity index is 502. The second kappa shape index (κ2) is 12.8. The zero-order chi connectivity index (χ0) is 17.2. The Hall–Kier alpha value is -0.470. The number of thioether (sulfide) groups is 1. The van der Waals surface area contributed by atoms with Crippen LogP contribution in [0.25, 0.3) is 0 Å². The molecule has 0 unspecified atom stereocenters. The van der Waals surface area contributed by atoms with Crippen molar-refractivity contribution in [3.63, 3.8) is 0 Å². The van der Waals surface area contributed by atoms with Gasteiger partial charge < -0.3 is 15.0 Å². The maximum atomic E-state index is 5.72. The summed E-state index contributed by atoms with van der Waals surface area (Å²) in [4.78, 5) is 6.78. The number of nitrogens with zero attached hydrogens (tertiary/aromatic N) is 2. The second-order valence-corrected chi connectivity index (χ2v) is 7.26. The maximum absolute atomic E-state index is 5.72. The van der Waals surface area contributed by atoms with E-state index >= 15 is 0 Å². The number of halogens is 1. The molecule has 1 heterocycles. The number of nitrogens with one attached hydrogen (secondary N) is 1. The standard InChI is InChI=1S/C19H31N3OS.HI/c1-4-23-18-9-12-22(13-10-18)19(20-3)21-11-14-24-15-17-7-5-16(2)6-8-17;/h5-8,18H,4,9-15H2,1-3H3,(H,20,21);1H. The fourth-order valence-corrected chi connectivity index (χ4v) is 3.73. The molecule has 1 aromatic rings. The Kier molecular flexibility index (Phi) is 11.6. The maximum Gasteiger partial charge on any atom is 0.193 e. The quantitative estimate of drug-likeness (QED) is 0.280. The first-order valence-corrected chi connectivity index (χ1v) is 10.1. The molecule has 0 aliphatic carbocycles. The lowest BCUT2D eigenvalue weighted by Gasteiger charge is -2.34. The first-order valence-electron chi connectivity index (χ1n) is 8.93. The molecule has 25 heavy (non-hydrogen) atoms. The van der Waals surface area contributed by atoms with E-state index in [1.165, 1.54) is 11.1 Å². The van der Waals surface area contributed by atoms with Crippen molar-refractivity contribution in [3.8, 4) is 0 Å². The van der Waals surface area contributed by atoms with Crippen LogP contribution in [0.15, 0.2) is 29.3 Å². The van der Waals surface area contributed by atoms with Gasteiger partial charge in [0.15, 0.2) is 5.96 Å². The van der Waals surface area contributed by atoms with E-state index in [2.05, 4.69) is 53.3 Å². The summed E-state index contributed by atoms with van der Waals surface area (Å²) in [5.74, 6) is 3.18. The van der Waals surface area contributed by atoms with Gasteiger partial charge in [-0.05, 0) is 32.3 Å². The van der Waals surface area contributed by atoms with E-state index in [4.69, 9.17) is 4.74 Å². The molecule has 1 saturated heterocycles. The Morgan fingerprint density at radius 2 is 1.96 bits per heavy atom. The number of ether oxygens (including phenoxy) is 1. The molecule has 0 radical (unpaired) electrons. The van der Waals surface area contributed by atoms with E-state index in [0.29, 0.717) is 6.10 Å². The average Bonchev–Trinajstić information content (AvgIpc) is 2.61. The molecule has 4 nitrogen and oxygen atoms in total. The summed E-state index contributed by atoms with van der Waals surface area (Å²) in [5.41, 5.74) is 2.72. The summed E-state index contributed by atoms with van der Waals surface area (Å²) in [6.45, 7) is 8.02. The third-order valence-corrected chi connectivity index (χ3v) is 5.30. The van der Waals surface area contributed by atoms with Crippen LogP contribution in [0.5, 0.6) is 0 Å². The molecule has 2 rings (SSSR count). The van der Waals surface area contributed by atoms with Crippen molar-refractivity contribution in [3.05, 3.63) is 35.4 Å². The highest BCUT2D eigenvalue weighted by atomic mass is 127. The SMILES string of the molecule is CCOC1CCN(C(=NC)NCCSCc2ccc(C)cc2)CC1.I. The minimum atomic E-state index is 0. The predicted octanol–water partition coefficient (Wildman–Crippen LogP) is 3.92. The molecule has 0 atom stereocenters. The smallest absolute Gasteiger partial charge is 0.193 e. The van der Waals surface area contributed by atoms with Crippen molar-refractivity contribution in [2.75, 3.05) is 39.0 Å². The summed E-state index contributed by atoms with van der Waals surface area (Å²) < 4.78 is 5.72. The van der Waals surface area contributed by atoms with Gasteiger partial charge in [0.2, 0.25) is 0 Å². The number of likely N-dealkylation sites (tertiary alicyclic amines) is 1. The van der Waals surface area contributed by atoms with E-state index in [-0.39, 0.29) is 24.0 Å². The third kappa shape index (κ3) is 8.17. The Morgan fingerprint density at radius 3 is 2.56 bits per heavy atom. The highest BCUT2D eigenvalue weighted by Gasteiger charge is 2.21. The summed E-state index contributed by atoms with van der Waals surface area (Å²) >= 11 is 1.96. The largest absolute Gasteiger partial charge is 0.378 e. The van der Waals surface area contributed by atoms with Crippen molar-refractivity contribution >= 4 is 41.7 Å². The van der Waals surface area contributed by atoms with Crippen LogP contribution in [-0.2, 0) is 10.5 Å². The van der Waals surface area contributed by atoms with Crippen LogP contribution in [0.2, 0.25) is 0 Å². The van der Waals surface area contributed by atoms with Crippen molar-refractivity contribution in [1.29, 1.82) is 0 Å². The minimum Gasteiger partial charge on any atom is -0.378 e. The molecule has 1 aliphatic heterocycles. The molecule has 1 N–H and O–H groups in total. The number of hydrogen-bond donors (Lipinski definition) is 1. The van der Waals surface area contributed by atoms with Crippen molar-refractivity contribution in [1.82, 2.24) is 10.2 Å². The topological polar surface area (TPSA) is 36.9 Å². The number of aryl methyl sites for hydroxylation is 1. The normalized spacial score (nSPS) is 15.8. The fraction of sp³-hybridized carbons (Fsp3) is 0.632. The number of guanidine groups is 1. The molecule has 142 valence electrons. The molecule has 1 fully saturated rings. The van der Waals surface area contributed by atoms with Gasteiger partial charge in [0.05, 0.1) is 6.10 Å². The van der Waals surface area contributed by atoms with E-state index in [1.807, 2.05) is 18.8 Å². The highest BCUT2D eigenvalue weighted by Crippen LogP contribution is 2.14. The van der Waals surface area contributed by atoms with E-state index in [0.717, 1.165) is 56.5 Å². The molecular weight excluding hydrogens is 445 g/mol. The monoisotopic (exact) mass is 477 g/mol. The predicted molar refractivity (Wildman–Crippen MR) is 120 cm³/mol. The van der Waals surface area contributed by atoms with E-state index < -0.39 is 0 Å². The summed E-state index contributed by atoms with van der Waals surface area (Å²) in [6, 6.07) is 8.80. The summed E-state index contributed by atoms with van der Waals surface area (Å²) in [7, 11) is 1.87. The van der Waals surface area contributed by atoms with Crippen LogP contribution in [0.3, 0.4) is 0 Å². The molecule has 6 heteroatoms. The Morgan fingerprint density at radius 1 is 1.28 bits per heavy atom. The number of piperidine rings is 1. The molecule has 0 aromatic heterocycles. The van der Waals surface area contributed by atoms with Crippen LogP contribution in [0, 0.1) is 6.92 Å². The van der Waals surface area contributed by atoms with Crippen molar-refractivity contribution < 1.29 is 4.74 Å². The molecule has 0 spiro atoms. The van der Waals surface area contributed by atoms with Gasteiger partial charge in [0.1, 0.15) is 0 Å². The lowest BCUT2D eigenvalue weighted by atomic mass is 10.1. The lowest BCUT2D eigenvalue weighted by Crippen LogP contribution is -2.47. The lowest BCUT2D eigenvalue weighted by molar-refractivity contribution is 0.0264. The molecule has 0 amide bonds. The van der Waals surface area contributed by atoms with E-state index in [1.54, 1.807) is 0 Å². The molecule has 1 aromatic carbocycles. The van der Waals surface area contributed by atoms with Gasteiger partial charge in [-0.25, -0.2) is 0 Å². The van der Waals surface area contributed by atoms with Crippen LogP contribution < -0.4 is 5.32 Å². The molecule has 0 saturated carbocycles. The number of aliphatic imine (C=N–C) groups is 1. The fourth-order valence-electron chi connectivity index (χ4n) is 2.91. The van der Waals surface area contributed by atoms with Crippen LogP contribution >= 0.6 is 35.7 Å². The Labute approximate surface area is 174 Å². The van der Waals surface area contributed by atoms with Crippen LogP contribution in [0.1, 0.15) is 30.9 Å². The van der Waals surface area contributed by atoms with Crippen LogP contribution in [-0.4, -0.2) is 56.0 Å². The first-order chi connectivity index (χ1) is 11.7. The summed E-state index contributed by atoms with van der Waals surface area (Å²) in [5, 5.41) is 3.50. The van der Waals surface area contributed by atoms with Gasteiger partial charge in [-0.1, -0.05) is 29.8 Å². The second-order valence-electron chi connectivity index (χ2n) is 6.15. The molecule has 0 bridgehead atoms. The average molecular weight is 477 g/mol. The zero-order valence-corrected chi connectivity index (χ0v) is 18.8. The van der Waals surface area contributed by atoms with Gasteiger partial charge in [-0.3, -0.25) is 4.99 Å².